The van der Waals surface area contributed by atoms with Gasteiger partial charge < -0.3 is 16.1 Å². The zero-order valence-electron chi connectivity index (χ0n) is 17.1. The van der Waals surface area contributed by atoms with Gasteiger partial charge in [0.15, 0.2) is 0 Å². The Labute approximate surface area is 166 Å². The molecule has 0 heterocycles. The number of allylic oxidation sites excluding steroid dienone is 3. The molecule has 7 heteroatoms. The molecule has 0 saturated heterocycles. The van der Waals surface area contributed by atoms with Gasteiger partial charge in [0.05, 0.1) is 11.6 Å². The first-order valence-corrected chi connectivity index (χ1v) is 9.23. The Morgan fingerprint density at radius 1 is 1.18 bits per heavy atom. The molecule has 0 radical (unpaired) electrons. The van der Waals surface area contributed by atoms with E-state index in [1.54, 1.807) is 13.8 Å². The summed E-state index contributed by atoms with van der Waals surface area (Å²) in [6.45, 7) is 16.8. The highest BCUT2D eigenvalue weighted by Gasteiger charge is 2.32. The molecule has 2 unspecified atom stereocenters. The van der Waals surface area contributed by atoms with E-state index in [1.165, 1.54) is 25.8 Å². The zero-order valence-corrected chi connectivity index (χ0v) is 17.1. The summed E-state index contributed by atoms with van der Waals surface area (Å²) >= 11 is 0. The normalized spacial score (nSPS) is 18.0. The molecule has 0 aromatic heterocycles. The van der Waals surface area contributed by atoms with Crippen LogP contribution in [0.5, 0.6) is 0 Å². The molecule has 1 aliphatic rings. The maximum Gasteiger partial charge on any atom is 0.416 e. The van der Waals surface area contributed by atoms with Crippen molar-refractivity contribution in [3.8, 4) is 0 Å². The van der Waals surface area contributed by atoms with Crippen LogP contribution in [0.3, 0.4) is 0 Å². The maximum absolute atomic E-state index is 12.7. The molecular formula is C21H31F3N4. The minimum atomic E-state index is -4.38. The largest absolute Gasteiger partial charge is 0.416 e. The second kappa shape index (κ2) is 10.3. The predicted molar refractivity (Wildman–Crippen MR) is 111 cm³/mol. The van der Waals surface area contributed by atoms with Gasteiger partial charge in [0, 0.05) is 11.7 Å². The van der Waals surface area contributed by atoms with Gasteiger partial charge in [-0.2, -0.15) is 18.3 Å². The van der Waals surface area contributed by atoms with E-state index in [2.05, 4.69) is 40.9 Å². The highest BCUT2D eigenvalue weighted by Crippen LogP contribution is 2.36. The van der Waals surface area contributed by atoms with Gasteiger partial charge in [-0.3, -0.25) is 0 Å². The molecule has 0 amide bonds. The smallest absolute Gasteiger partial charge is 0.343 e. The van der Waals surface area contributed by atoms with Gasteiger partial charge in [0.1, 0.15) is 5.84 Å². The van der Waals surface area contributed by atoms with Gasteiger partial charge in [0.25, 0.3) is 0 Å². The first kappa shape index (κ1) is 23.8. The summed E-state index contributed by atoms with van der Waals surface area (Å²) in [6.07, 6.45) is 1.36. The van der Waals surface area contributed by atoms with E-state index < -0.39 is 11.7 Å². The second-order valence-electron chi connectivity index (χ2n) is 6.93. The van der Waals surface area contributed by atoms with E-state index in [0.29, 0.717) is 23.0 Å². The molecule has 0 bridgehead atoms. The topological polar surface area (TPSA) is 48.5 Å². The summed E-state index contributed by atoms with van der Waals surface area (Å²) < 4.78 is 38.2. The molecule has 4 nitrogen and oxygen atoms in total. The number of alkyl halides is 3. The van der Waals surface area contributed by atoms with Gasteiger partial charge in [0.2, 0.25) is 0 Å². The standard InChI is InChI=1S/C21H31F3N4/c1-8-19(21(22,23)24)12-9-13(2)15(4)27-28-17(6)26-16(5)14(3)20(25-7)18-10-11-18/h8-9,12,15,18,20,25,27H,2-3,5,10-11H2,1,4,6-7H3,(H,26,28)/b12-9-,19-8+. The van der Waals surface area contributed by atoms with Crippen LogP contribution in [0.25, 0.3) is 0 Å². The second-order valence-corrected chi connectivity index (χ2v) is 6.93. The van der Waals surface area contributed by atoms with Gasteiger partial charge in [-0.05, 0) is 57.7 Å². The Balaban J connectivity index is 2.58. The van der Waals surface area contributed by atoms with Gasteiger partial charge in [-0.25, -0.2) is 0 Å². The van der Waals surface area contributed by atoms with Crippen LogP contribution in [0.2, 0.25) is 0 Å². The number of nitrogens with one attached hydrogen (secondary N) is 3. The quantitative estimate of drug-likeness (QED) is 0.219. The average molecular weight is 397 g/mol. The summed E-state index contributed by atoms with van der Waals surface area (Å²) in [5.74, 6) is 1.17. The maximum atomic E-state index is 12.7. The van der Waals surface area contributed by atoms with Crippen molar-refractivity contribution in [3.63, 3.8) is 0 Å². The molecule has 0 aromatic rings. The first-order valence-electron chi connectivity index (χ1n) is 9.23. The van der Waals surface area contributed by atoms with Gasteiger partial charge >= 0.3 is 6.18 Å². The molecule has 1 saturated carbocycles. The van der Waals surface area contributed by atoms with Crippen molar-refractivity contribution in [2.45, 2.75) is 51.9 Å². The monoisotopic (exact) mass is 396 g/mol. The molecule has 0 aliphatic heterocycles. The number of halogens is 3. The highest BCUT2D eigenvalue weighted by molar-refractivity contribution is 5.81. The SMILES string of the molecule is C=C(N/C(C)=N\NC(C)C(=C)/C=C\C(=C/C)C(F)(F)F)C(=C)C(NC)C1CC1. The lowest BCUT2D eigenvalue weighted by atomic mass is 10.0. The molecule has 3 N–H and O–H groups in total. The lowest BCUT2D eigenvalue weighted by Crippen LogP contribution is -2.34. The number of hydrazone groups is 1. The van der Waals surface area contributed by atoms with Crippen molar-refractivity contribution in [1.82, 2.24) is 16.1 Å². The Morgan fingerprint density at radius 3 is 2.25 bits per heavy atom. The van der Waals surface area contributed by atoms with Crippen molar-refractivity contribution in [3.05, 3.63) is 60.4 Å². The van der Waals surface area contributed by atoms with E-state index in [9.17, 15) is 13.2 Å². The molecular weight excluding hydrogens is 365 g/mol. The highest BCUT2D eigenvalue weighted by atomic mass is 19.4. The van der Waals surface area contributed by atoms with Crippen molar-refractivity contribution in [2.24, 2.45) is 11.0 Å². The van der Waals surface area contributed by atoms with Crippen LogP contribution in [0, 0.1) is 5.92 Å². The number of nitrogens with zero attached hydrogens (tertiary/aromatic N) is 1. The molecule has 2 atom stereocenters. The van der Waals surface area contributed by atoms with Crippen LogP contribution < -0.4 is 16.1 Å². The van der Waals surface area contributed by atoms with Gasteiger partial charge in [-0.1, -0.05) is 38.0 Å². The summed E-state index contributed by atoms with van der Waals surface area (Å²) in [5, 5.41) is 10.6. The van der Waals surface area contributed by atoms with E-state index in [0.717, 1.165) is 17.7 Å². The Morgan fingerprint density at radius 2 is 1.79 bits per heavy atom. The lowest BCUT2D eigenvalue weighted by molar-refractivity contribution is -0.0883. The average Bonchev–Trinajstić information content (AvgIpc) is 3.44. The summed E-state index contributed by atoms with van der Waals surface area (Å²) in [7, 11) is 1.91. The van der Waals surface area contributed by atoms with Crippen LogP contribution >= 0.6 is 0 Å². The first-order chi connectivity index (χ1) is 13.0. The Hall–Kier alpha value is -2.28. The number of likely N-dealkylation sites (N-methyl/N-ethyl adjacent to an activating group) is 1. The predicted octanol–water partition coefficient (Wildman–Crippen LogP) is 4.58. The van der Waals surface area contributed by atoms with E-state index in [4.69, 9.17) is 0 Å². The van der Waals surface area contributed by atoms with Gasteiger partial charge in [-0.15, -0.1) is 0 Å². The number of hydrogen-bond donors (Lipinski definition) is 3. The summed E-state index contributed by atoms with van der Waals surface area (Å²) in [6, 6.07) is -0.147. The van der Waals surface area contributed by atoms with Crippen LogP contribution in [0.1, 0.15) is 33.6 Å². The Kier molecular flexibility index (Phi) is 8.75. The third-order valence-corrected chi connectivity index (χ3v) is 4.60. The minimum Gasteiger partial charge on any atom is -0.343 e. The summed E-state index contributed by atoms with van der Waals surface area (Å²) in [4.78, 5) is 0. The van der Waals surface area contributed by atoms with Crippen molar-refractivity contribution in [2.75, 3.05) is 7.05 Å². The number of rotatable bonds is 10. The molecule has 28 heavy (non-hydrogen) atoms. The fraction of sp³-hybridized carbons (Fsp3) is 0.476. The minimum absolute atomic E-state index is 0.194. The number of amidine groups is 1. The van der Waals surface area contributed by atoms with E-state index in [-0.39, 0.29) is 12.1 Å². The lowest BCUT2D eigenvalue weighted by Gasteiger charge is -2.21. The van der Waals surface area contributed by atoms with Crippen LogP contribution in [0.4, 0.5) is 13.2 Å². The summed E-state index contributed by atoms with van der Waals surface area (Å²) in [5.41, 5.74) is 4.21. The fourth-order valence-corrected chi connectivity index (χ4v) is 2.61. The molecule has 1 fully saturated rings. The third kappa shape index (κ3) is 7.38. The number of hydrogen-bond acceptors (Lipinski definition) is 3. The molecule has 0 aromatic carbocycles. The fourth-order valence-electron chi connectivity index (χ4n) is 2.61. The van der Waals surface area contributed by atoms with Crippen LogP contribution in [-0.4, -0.2) is 31.1 Å². The zero-order chi connectivity index (χ0) is 21.5. The van der Waals surface area contributed by atoms with Crippen molar-refractivity contribution in [1.29, 1.82) is 0 Å². The van der Waals surface area contributed by atoms with Crippen molar-refractivity contribution >= 4 is 5.84 Å². The Bertz CT molecular complexity index is 682. The third-order valence-electron chi connectivity index (χ3n) is 4.60. The van der Waals surface area contributed by atoms with Crippen LogP contribution in [0.15, 0.2) is 65.5 Å². The van der Waals surface area contributed by atoms with Crippen molar-refractivity contribution < 1.29 is 13.2 Å². The molecule has 1 rings (SSSR count). The van der Waals surface area contributed by atoms with Crippen LogP contribution in [-0.2, 0) is 0 Å². The molecule has 0 spiro atoms. The molecule has 156 valence electrons. The molecule has 1 aliphatic carbocycles. The van der Waals surface area contributed by atoms with E-state index >= 15 is 0 Å². The van der Waals surface area contributed by atoms with E-state index in [1.807, 2.05) is 7.05 Å².